The number of hydrogen-bond acceptors (Lipinski definition) is 4. The minimum absolute atomic E-state index is 0.0371. The van der Waals surface area contributed by atoms with Gasteiger partial charge in [0, 0.05) is 33.7 Å². The Bertz CT molecular complexity index is 258. The molecule has 16 heavy (non-hydrogen) atoms. The fourth-order valence-corrected chi connectivity index (χ4v) is 1.63. The van der Waals surface area contributed by atoms with Crippen molar-refractivity contribution in [3.05, 3.63) is 0 Å². The molecular formula is C10H19N3O3. The zero-order valence-corrected chi connectivity index (χ0v) is 9.71. The molecule has 0 aliphatic carbocycles. The van der Waals surface area contributed by atoms with Crippen LogP contribution in [0, 0.1) is 0 Å². The molecule has 0 aromatic carbocycles. The van der Waals surface area contributed by atoms with E-state index in [2.05, 4.69) is 16.0 Å². The number of amides is 2. The molecule has 2 unspecified atom stereocenters. The molecule has 0 radical (unpaired) electrons. The first-order chi connectivity index (χ1) is 7.63. The van der Waals surface area contributed by atoms with Crippen LogP contribution in [0.2, 0.25) is 0 Å². The highest BCUT2D eigenvalue weighted by atomic mass is 16.5. The van der Waals surface area contributed by atoms with Crippen LogP contribution >= 0.6 is 0 Å². The number of methoxy groups -OCH3 is 1. The van der Waals surface area contributed by atoms with Gasteiger partial charge in [0.05, 0.1) is 12.1 Å². The Hall–Kier alpha value is -1.14. The topological polar surface area (TPSA) is 79.5 Å². The molecule has 0 aromatic heterocycles. The summed E-state index contributed by atoms with van der Waals surface area (Å²) in [5.74, 6) is -0.127. The first-order valence-corrected chi connectivity index (χ1v) is 5.41. The van der Waals surface area contributed by atoms with E-state index in [-0.39, 0.29) is 24.0 Å². The fraction of sp³-hybridized carbons (Fsp3) is 0.800. The lowest BCUT2D eigenvalue weighted by molar-refractivity contribution is -0.123. The average molecular weight is 229 g/mol. The zero-order valence-electron chi connectivity index (χ0n) is 9.71. The molecule has 1 aliphatic heterocycles. The van der Waals surface area contributed by atoms with Gasteiger partial charge in [-0.3, -0.25) is 9.59 Å². The summed E-state index contributed by atoms with van der Waals surface area (Å²) in [6.45, 7) is 3.07. The van der Waals surface area contributed by atoms with Gasteiger partial charge in [0.1, 0.15) is 0 Å². The van der Waals surface area contributed by atoms with E-state index in [0.717, 1.165) is 0 Å². The van der Waals surface area contributed by atoms with Crippen molar-refractivity contribution in [1.29, 1.82) is 0 Å². The Morgan fingerprint density at radius 1 is 1.38 bits per heavy atom. The number of ether oxygens (including phenoxy) is 1. The Balaban J connectivity index is 2.13. The largest absolute Gasteiger partial charge is 0.380 e. The Morgan fingerprint density at radius 3 is 2.62 bits per heavy atom. The molecule has 1 aliphatic rings. The highest BCUT2D eigenvalue weighted by molar-refractivity contribution is 5.82. The summed E-state index contributed by atoms with van der Waals surface area (Å²) >= 11 is 0. The lowest BCUT2D eigenvalue weighted by Gasteiger charge is -2.11. The number of carbonyl (C=O) groups is 2. The lowest BCUT2D eigenvalue weighted by atomic mass is 10.2. The summed E-state index contributed by atoms with van der Waals surface area (Å²) in [5.41, 5.74) is 0. The molecule has 2 amide bonds. The molecule has 0 spiro atoms. The molecule has 3 N–H and O–H groups in total. The monoisotopic (exact) mass is 229 g/mol. The van der Waals surface area contributed by atoms with Crippen LogP contribution in [0.25, 0.3) is 0 Å². The average Bonchev–Trinajstić information content (AvgIpc) is 2.72. The van der Waals surface area contributed by atoms with Crippen molar-refractivity contribution in [1.82, 2.24) is 16.0 Å². The number of hydrogen-bond donors (Lipinski definition) is 3. The van der Waals surface area contributed by atoms with Crippen molar-refractivity contribution in [2.45, 2.75) is 25.5 Å². The fourth-order valence-electron chi connectivity index (χ4n) is 1.63. The van der Waals surface area contributed by atoms with E-state index < -0.39 is 0 Å². The summed E-state index contributed by atoms with van der Waals surface area (Å²) in [6.07, 6.45) is 0.814. The first kappa shape index (κ1) is 12.9. The molecule has 1 saturated heterocycles. The second-order valence-corrected chi connectivity index (χ2v) is 3.83. The smallest absolute Gasteiger partial charge is 0.237 e. The van der Waals surface area contributed by atoms with Crippen LogP contribution in [0.15, 0.2) is 0 Å². The van der Waals surface area contributed by atoms with E-state index in [0.29, 0.717) is 26.1 Å². The van der Waals surface area contributed by atoms with Gasteiger partial charge in [-0.25, -0.2) is 0 Å². The van der Waals surface area contributed by atoms with Crippen LogP contribution in [0.3, 0.4) is 0 Å². The second-order valence-electron chi connectivity index (χ2n) is 3.83. The number of carbonyl (C=O) groups excluding carboxylic acids is 2. The van der Waals surface area contributed by atoms with E-state index >= 15 is 0 Å². The van der Waals surface area contributed by atoms with Gasteiger partial charge in [-0.15, -0.1) is 0 Å². The molecule has 0 saturated carbocycles. The minimum Gasteiger partial charge on any atom is -0.380 e. The van der Waals surface area contributed by atoms with Crippen LogP contribution in [-0.2, 0) is 14.3 Å². The molecule has 0 aromatic rings. The lowest BCUT2D eigenvalue weighted by Crippen LogP contribution is -2.43. The summed E-state index contributed by atoms with van der Waals surface area (Å²) in [6, 6.07) is -0.178. The SMILES string of the molecule is COC1CNC(C(=O)NCCNC(C)=O)C1. The van der Waals surface area contributed by atoms with E-state index in [4.69, 9.17) is 4.74 Å². The van der Waals surface area contributed by atoms with Gasteiger partial charge in [-0.1, -0.05) is 0 Å². The van der Waals surface area contributed by atoms with Gasteiger partial charge in [-0.2, -0.15) is 0 Å². The quantitative estimate of drug-likeness (QED) is 0.507. The van der Waals surface area contributed by atoms with Crippen LogP contribution in [0.4, 0.5) is 0 Å². The molecule has 6 nitrogen and oxygen atoms in total. The van der Waals surface area contributed by atoms with Crippen LogP contribution in [0.1, 0.15) is 13.3 Å². The summed E-state index contributed by atoms with van der Waals surface area (Å²) in [4.78, 5) is 22.2. The van der Waals surface area contributed by atoms with Crippen molar-refractivity contribution in [3.8, 4) is 0 Å². The molecule has 1 rings (SSSR count). The first-order valence-electron chi connectivity index (χ1n) is 5.41. The molecule has 6 heteroatoms. The van der Waals surface area contributed by atoms with Crippen molar-refractivity contribution in [2.24, 2.45) is 0 Å². The normalized spacial score (nSPS) is 24.1. The molecule has 1 heterocycles. The number of nitrogens with one attached hydrogen (secondary N) is 3. The Morgan fingerprint density at radius 2 is 2.06 bits per heavy atom. The summed E-state index contributed by atoms with van der Waals surface area (Å²) in [5, 5.41) is 8.45. The van der Waals surface area contributed by atoms with Gasteiger partial charge < -0.3 is 20.7 Å². The van der Waals surface area contributed by atoms with Crippen LogP contribution in [-0.4, -0.2) is 50.7 Å². The molecule has 1 fully saturated rings. The maximum absolute atomic E-state index is 11.6. The second kappa shape index (κ2) is 6.44. The third-order valence-corrected chi connectivity index (χ3v) is 2.54. The van der Waals surface area contributed by atoms with E-state index in [1.54, 1.807) is 7.11 Å². The van der Waals surface area contributed by atoms with E-state index in [9.17, 15) is 9.59 Å². The van der Waals surface area contributed by atoms with Gasteiger partial charge in [-0.05, 0) is 6.42 Å². The Labute approximate surface area is 95.1 Å². The van der Waals surface area contributed by atoms with Gasteiger partial charge >= 0.3 is 0 Å². The van der Waals surface area contributed by atoms with E-state index in [1.807, 2.05) is 0 Å². The molecule has 2 atom stereocenters. The highest BCUT2D eigenvalue weighted by Gasteiger charge is 2.28. The maximum atomic E-state index is 11.6. The third kappa shape index (κ3) is 4.16. The molecular weight excluding hydrogens is 210 g/mol. The van der Waals surface area contributed by atoms with Crippen molar-refractivity contribution in [3.63, 3.8) is 0 Å². The minimum atomic E-state index is -0.178. The van der Waals surface area contributed by atoms with E-state index in [1.165, 1.54) is 6.92 Å². The molecule has 0 bridgehead atoms. The van der Waals surface area contributed by atoms with Gasteiger partial charge in [0.2, 0.25) is 11.8 Å². The van der Waals surface area contributed by atoms with Crippen LogP contribution < -0.4 is 16.0 Å². The summed E-state index contributed by atoms with van der Waals surface area (Å²) < 4.78 is 5.15. The Kier molecular flexibility index (Phi) is 5.21. The molecule has 92 valence electrons. The van der Waals surface area contributed by atoms with Gasteiger partial charge in [0.15, 0.2) is 0 Å². The zero-order chi connectivity index (χ0) is 12.0. The number of rotatable bonds is 5. The van der Waals surface area contributed by atoms with Crippen molar-refractivity contribution >= 4 is 11.8 Å². The van der Waals surface area contributed by atoms with Crippen LogP contribution in [0.5, 0.6) is 0 Å². The van der Waals surface area contributed by atoms with Gasteiger partial charge in [0.25, 0.3) is 0 Å². The predicted molar refractivity (Wildman–Crippen MR) is 58.9 cm³/mol. The predicted octanol–water partition coefficient (Wildman–Crippen LogP) is -1.38. The summed E-state index contributed by atoms with van der Waals surface area (Å²) in [7, 11) is 1.64. The standard InChI is InChI=1S/C10H19N3O3/c1-7(14)11-3-4-12-10(15)9-5-8(16-2)6-13-9/h8-9,13H,3-6H2,1-2H3,(H,11,14)(H,12,15). The third-order valence-electron chi connectivity index (χ3n) is 2.54. The van der Waals surface area contributed by atoms with Crippen molar-refractivity contribution in [2.75, 3.05) is 26.7 Å². The highest BCUT2D eigenvalue weighted by Crippen LogP contribution is 2.08. The van der Waals surface area contributed by atoms with Crippen molar-refractivity contribution < 1.29 is 14.3 Å². The maximum Gasteiger partial charge on any atom is 0.237 e.